The fourth-order valence-corrected chi connectivity index (χ4v) is 4.31. The molecule has 0 amide bonds. The lowest BCUT2D eigenvalue weighted by Gasteiger charge is -2.12. The number of hydrogen-bond acceptors (Lipinski definition) is 3. The van der Waals surface area contributed by atoms with Crippen molar-refractivity contribution in [3.63, 3.8) is 0 Å². The van der Waals surface area contributed by atoms with Gasteiger partial charge in [0.2, 0.25) is 0 Å². The highest BCUT2D eigenvalue weighted by Crippen LogP contribution is 2.42. The standard InChI is InChI=1S/C19H18FN3S/c1-21-18-9-8-14-16(18)12-23(24-13-5-4-10-22-11-13)19(14)15-6-2-3-7-17(15)20/h2-7,10-12,18,21H,8-9H2,1H3. The third-order valence-electron chi connectivity index (χ3n) is 4.49. The van der Waals surface area contributed by atoms with Crippen molar-refractivity contribution >= 4 is 11.9 Å². The van der Waals surface area contributed by atoms with E-state index in [4.69, 9.17) is 0 Å². The van der Waals surface area contributed by atoms with E-state index in [0.717, 1.165) is 23.4 Å². The summed E-state index contributed by atoms with van der Waals surface area (Å²) in [6.45, 7) is 0. The molecular weight excluding hydrogens is 321 g/mol. The number of halogens is 1. The summed E-state index contributed by atoms with van der Waals surface area (Å²) in [5, 5.41) is 3.36. The Morgan fingerprint density at radius 3 is 2.88 bits per heavy atom. The minimum Gasteiger partial charge on any atom is -0.313 e. The maximum Gasteiger partial charge on any atom is 0.132 e. The lowest BCUT2D eigenvalue weighted by Crippen LogP contribution is -2.12. The Morgan fingerprint density at radius 2 is 2.12 bits per heavy atom. The molecule has 0 saturated heterocycles. The second kappa shape index (κ2) is 6.42. The lowest BCUT2D eigenvalue weighted by atomic mass is 10.1. The maximum absolute atomic E-state index is 14.5. The molecule has 0 aliphatic heterocycles. The summed E-state index contributed by atoms with van der Waals surface area (Å²) in [5.74, 6) is -0.181. The van der Waals surface area contributed by atoms with Crippen LogP contribution in [0.5, 0.6) is 0 Å². The fraction of sp³-hybridized carbons (Fsp3) is 0.211. The van der Waals surface area contributed by atoms with Crippen molar-refractivity contribution in [2.75, 3.05) is 7.05 Å². The van der Waals surface area contributed by atoms with Crippen molar-refractivity contribution in [3.05, 3.63) is 71.9 Å². The highest BCUT2D eigenvalue weighted by atomic mass is 32.2. The van der Waals surface area contributed by atoms with Crippen molar-refractivity contribution in [2.24, 2.45) is 0 Å². The topological polar surface area (TPSA) is 29.9 Å². The second-order valence-electron chi connectivity index (χ2n) is 5.88. The molecule has 2 heterocycles. The average molecular weight is 339 g/mol. The molecule has 122 valence electrons. The Labute approximate surface area is 145 Å². The SMILES string of the molecule is CNC1CCc2c1cn(Sc1cccnc1)c2-c1ccccc1F. The molecule has 1 aromatic carbocycles. The fourth-order valence-electron chi connectivity index (χ4n) is 3.37. The first-order valence-corrected chi connectivity index (χ1v) is 8.80. The van der Waals surface area contributed by atoms with Gasteiger partial charge >= 0.3 is 0 Å². The van der Waals surface area contributed by atoms with Gasteiger partial charge in [-0.1, -0.05) is 12.1 Å². The van der Waals surface area contributed by atoms with Gasteiger partial charge in [-0.2, -0.15) is 0 Å². The Morgan fingerprint density at radius 1 is 1.25 bits per heavy atom. The highest BCUT2D eigenvalue weighted by Gasteiger charge is 2.29. The number of benzene rings is 1. The molecule has 1 N–H and O–H groups in total. The van der Waals surface area contributed by atoms with Crippen LogP contribution in [0.25, 0.3) is 11.3 Å². The van der Waals surface area contributed by atoms with Crippen LogP contribution in [0.15, 0.2) is 59.9 Å². The van der Waals surface area contributed by atoms with Gasteiger partial charge in [0.25, 0.3) is 0 Å². The number of nitrogens with zero attached hydrogens (tertiary/aromatic N) is 2. The molecule has 24 heavy (non-hydrogen) atoms. The van der Waals surface area contributed by atoms with Crippen molar-refractivity contribution in [1.29, 1.82) is 0 Å². The van der Waals surface area contributed by atoms with E-state index in [1.54, 1.807) is 24.2 Å². The minimum atomic E-state index is -0.181. The van der Waals surface area contributed by atoms with Gasteiger partial charge in [-0.25, -0.2) is 4.39 Å². The third kappa shape index (κ3) is 2.64. The number of hydrogen-bond donors (Lipinski definition) is 1. The number of rotatable bonds is 4. The van der Waals surface area contributed by atoms with Gasteiger partial charge in [0, 0.05) is 35.1 Å². The number of aromatic nitrogens is 2. The zero-order valence-corrected chi connectivity index (χ0v) is 14.2. The lowest BCUT2D eigenvalue weighted by molar-refractivity contribution is 0.588. The predicted molar refractivity (Wildman–Crippen MR) is 95.4 cm³/mol. The van der Waals surface area contributed by atoms with Crippen molar-refractivity contribution in [1.82, 2.24) is 14.3 Å². The summed E-state index contributed by atoms with van der Waals surface area (Å²) < 4.78 is 16.6. The molecule has 3 aromatic rings. The quantitative estimate of drug-likeness (QED) is 0.761. The van der Waals surface area contributed by atoms with E-state index in [-0.39, 0.29) is 5.82 Å². The maximum atomic E-state index is 14.5. The molecule has 0 saturated carbocycles. The van der Waals surface area contributed by atoms with Crippen LogP contribution in [0, 0.1) is 5.82 Å². The summed E-state index contributed by atoms with van der Waals surface area (Å²) in [7, 11) is 1.98. The van der Waals surface area contributed by atoms with Gasteiger partial charge in [-0.3, -0.25) is 8.96 Å². The highest BCUT2D eigenvalue weighted by molar-refractivity contribution is 7.98. The smallest absolute Gasteiger partial charge is 0.132 e. The third-order valence-corrected chi connectivity index (χ3v) is 5.42. The number of pyridine rings is 1. The van der Waals surface area contributed by atoms with Crippen LogP contribution >= 0.6 is 11.9 Å². The molecule has 0 radical (unpaired) electrons. The molecule has 0 fully saturated rings. The molecule has 1 atom stereocenters. The van der Waals surface area contributed by atoms with Gasteiger partial charge in [-0.15, -0.1) is 0 Å². The number of fused-ring (bicyclic) bond motifs is 1. The largest absolute Gasteiger partial charge is 0.313 e. The van der Waals surface area contributed by atoms with Gasteiger partial charge in [0.05, 0.1) is 5.69 Å². The van der Waals surface area contributed by atoms with Gasteiger partial charge in [0.1, 0.15) is 5.82 Å². The van der Waals surface area contributed by atoms with E-state index < -0.39 is 0 Å². The average Bonchev–Trinajstić information content (AvgIpc) is 3.15. The Kier molecular flexibility index (Phi) is 4.12. The summed E-state index contributed by atoms with van der Waals surface area (Å²) in [5.41, 5.74) is 4.14. The van der Waals surface area contributed by atoms with Crippen LogP contribution in [0.1, 0.15) is 23.6 Å². The van der Waals surface area contributed by atoms with Crippen molar-refractivity contribution in [3.8, 4) is 11.3 Å². The first kappa shape index (κ1) is 15.4. The summed E-state index contributed by atoms with van der Waals surface area (Å²) in [4.78, 5) is 5.21. The molecule has 1 unspecified atom stereocenters. The van der Waals surface area contributed by atoms with E-state index in [1.807, 2.05) is 37.5 Å². The Bertz CT molecular complexity index is 860. The van der Waals surface area contributed by atoms with E-state index in [9.17, 15) is 4.39 Å². The zero-order chi connectivity index (χ0) is 16.5. The van der Waals surface area contributed by atoms with Gasteiger partial charge < -0.3 is 5.32 Å². The van der Waals surface area contributed by atoms with E-state index >= 15 is 0 Å². The molecule has 4 rings (SSSR count). The molecule has 0 spiro atoms. The van der Waals surface area contributed by atoms with E-state index in [1.165, 1.54) is 17.2 Å². The predicted octanol–water partition coefficient (Wildman–Crippen LogP) is 4.45. The first-order chi connectivity index (χ1) is 11.8. The monoisotopic (exact) mass is 339 g/mol. The van der Waals surface area contributed by atoms with Gasteiger partial charge in [0.15, 0.2) is 0 Å². The Balaban J connectivity index is 1.86. The summed E-state index contributed by atoms with van der Waals surface area (Å²) >= 11 is 1.57. The Hall–Kier alpha value is -2.11. The zero-order valence-electron chi connectivity index (χ0n) is 13.4. The molecule has 1 aliphatic rings. The van der Waals surface area contributed by atoms with Crippen LogP contribution in [0.4, 0.5) is 4.39 Å². The molecule has 2 aromatic heterocycles. The first-order valence-electron chi connectivity index (χ1n) is 8.02. The molecule has 1 aliphatic carbocycles. The van der Waals surface area contributed by atoms with Crippen LogP contribution in [-0.4, -0.2) is 16.0 Å². The van der Waals surface area contributed by atoms with Crippen LogP contribution in [0.3, 0.4) is 0 Å². The van der Waals surface area contributed by atoms with Crippen molar-refractivity contribution in [2.45, 2.75) is 23.8 Å². The summed E-state index contributed by atoms with van der Waals surface area (Å²) in [6, 6.07) is 11.3. The van der Waals surface area contributed by atoms with E-state index in [2.05, 4.69) is 20.5 Å². The van der Waals surface area contributed by atoms with Crippen LogP contribution < -0.4 is 5.32 Å². The molecule has 3 nitrogen and oxygen atoms in total. The minimum absolute atomic E-state index is 0.181. The molecular formula is C19H18FN3S. The van der Waals surface area contributed by atoms with Crippen molar-refractivity contribution < 1.29 is 4.39 Å². The van der Waals surface area contributed by atoms with Crippen LogP contribution in [0.2, 0.25) is 0 Å². The number of nitrogens with one attached hydrogen (secondary N) is 1. The molecule has 5 heteroatoms. The van der Waals surface area contributed by atoms with E-state index in [0.29, 0.717) is 11.6 Å². The van der Waals surface area contributed by atoms with Crippen LogP contribution in [-0.2, 0) is 6.42 Å². The molecule has 0 bridgehead atoms. The normalized spacial score (nSPS) is 16.3. The second-order valence-corrected chi connectivity index (χ2v) is 6.92. The summed E-state index contributed by atoms with van der Waals surface area (Å²) in [6.07, 6.45) is 7.75. The van der Waals surface area contributed by atoms with Gasteiger partial charge in [-0.05, 0) is 67.2 Å².